The van der Waals surface area contributed by atoms with E-state index < -0.39 is 5.97 Å². The van der Waals surface area contributed by atoms with Crippen LogP contribution in [0.15, 0.2) is 30.3 Å². The molecule has 5 heteroatoms. The predicted octanol–water partition coefficient (Wildman–Crippen LogP) is 1.33. The molecule has 21 heavy (non-hydrogen) atoms. The molecule has 1 aromatic carbocycles. The smallest absolute Gasteiger partial charge is 0.325 e. The summed E-state index contributed by atoms with van der Waals surface area (Å²) in [5, 5.41) is 3.31. The lowest BCUT2D eigenvalue weighted by Gasteiger charge is -2.23. The average Bonchev–Trinajstić information content (AvgIpc) is 3.00. The van der Waals surface area contributed by atoms with Crippen LogP contribution < -0.4 is 5.32 Å². The van der Waals surface area contributed by atoms with Gasteiger partial charge in [-0.1, -0.05) is 30.3 Å². The normalized spacial score (nSPS) is 17.5. The van der Waals surface area contributed by atoms with E-state index in [4.69, 9.17) is 4.74 Å². The molecule has 1 aliphatic heterocycles. The molecule has 1 unspecified atom stereocenters. The molecule has 1 aliphatic rings. The van der Waals surface area contributed by atoms with Crippen LogP contribution in [-0.2, 0) is 20.9 Å². The third-order valence-corrected chi connectivity index (χ3v) is 3.70. The highest BCUT2D eigenvalue weighted by molar-refractivity contribution is 5.82. The molecule has 1 heterocycles. The summed E-state index contributed by atoms with van der Waals surface area (Å²) in [7, 11) is 1.34. The molecule has 1 aromatic rings. The van der Waals surface area contributed by atoms with Crippen molar-refractivity contribution in [2.75, 3.05) is 20.2 Å². The molecule has 0 radical (unpaired) electrons. The van der Waals surface area contributed by atoms with Crippen LogP contribution >= 0.6 is 0 Å². The standard InChI is InChI=1S/C16H22N2O3/c1-21-16(20)12-18(11-13-6-3-2-4-7-13)15(19)10-14-8-5-9-17-14/h2-4,6-7,14,17H,5,8-12H2,1H3. The Hall–Kier alpha value is -1.88. The van der Waals surface area contributed by atoms with Gasteiger partial charge >= 0.3 is 5.97 Å². The van der Waals surface area contributed by atoms with Crippen LogP contribution in [0.5, 0.6) is 0 Å². The van der Waals surface area contributed by atoms with Crippen molar-refractivity contribution in [1.82, 2.24) is 10.2 Å². The number of ether oxygens (including phenoxy) is 1. The number of esters is 1. The Labute approximate surface area is 125 Å². The van der Waals surface area contributed by atoms with Gasteiger partial charge in [-0.2, -0.15) is 0 Å². The van der Waals surface area contributed by atoms with Crippen LogP contribution in [0.25, 0.3) is 0 Å². The molecule has 0 aliphatic carbocycles. The van der Waals surface area contributed by atoms with Gasteiger partial charge in [-0.15, -0.1) is 0 Å². The van der Waals surface area contributed by atoms with Crippen LogP contribution in [0.3, 0.4) is 0 Å². The molecule has 2 rings (SSSR count). The third-order valence-electron chi connectivity index (χ3n) is 3.70. The molecule has 1 saturated heterocycles. The van der Waals surface area contributed by atoms with Crippen molar-refractivity contribution in [3.63, 3.8) is 0 Å². The van der Waals surface area contributed by atoms with E-state index in [-0.39, 0.29) is 18.5 Å². The van der Waals surface area contributed by atoms with Gasteiger partial charge in [-0.3, -0.25) is 9.59 Å². The maximum atomic E-state index is 12.4. The SMILES string of the molecule is COC(=O)CN(Cc1ccccc1)C(=O)CC1CCCN1. The van der Waals surface area contributed by atoms with Crippen molar-refractivity contribution in [3.05, 3.63) is 35.9 Å². The van der Waals surface area contributed by atoms with Crippen LogP contribution in [0.2, 0.25) is 0 Å². The molecule has 1 fully saturated rings. The minimum atomic E-state index is -0.390. The molecule has 1 amide bonds. The lowest BCUT2D eigenvalue weighted by molar-refractivity contribution is -0.147. The molecular weight excluding hydrogens is 268 g/mol. The fraction of sp³-hybridized carbons (Fsp3) is 0.500. The molecule has 0 bridgehead atoms. The first kappa shape index (κ1) is 15.5. The van der Waals surface area contributed by atoms with Crippen molar-refractivity contribution in [2.24, 2.45) is 0 Å². The summed E-state index contributed by atoms with van der Waals surface area (Å²) in [6, 6.07) is 9.91. The van der Waals surface area contributed by atoms with Crippen molar-refractivity contribution >= 4 is 11.9 Å². The van der Waals surface area contributed by atoms with E-state index >= 15 is 0 Å². The molecule has 1 atom stereocenters. The van der Waals surface area contributed by atoms with Gasteiger partial charge in [0.05, 0.1) is 7.11 Å². The summed E-state index contributed by atoms with van der Waals surface area (Å²) in [5.74, 6) is -0.401. The largest absolute Gasteiger partial charge is 0.468 e. The maximum absolute atomic E-state index is 12.4. The van der Waals surface area contributed by atoms with Crippen LogP contribution in [0.1, 0.15) is 24.8 Å². The fourth-order valence-corrected chi connectivity index (χ4v) is 2.53. The monoisotopic (exact) mass is 290 g/mol. The highest BCUT2D eigenvalue weighted by Crippen LogP contribution is 2.12. The minimum absolute atomic E-state index is 0.00303. The first-order valence-corrected chi connectivity index (χ1v) is 7.31. The van der Waals surface area contributed by atoms with Crippen LogP contribution in [-0.4, -0.2) is 43.0 Å². The van der Waals surface area contributed by atoms with E-state index in [1.165, 1.54) is 7.11 Å². The number of hydrogen-bond acceptors (Lipinski definition) is 4. The van der Waals surface area contributed by atoms with Gasteiger partial charge in [0, 0.05) is 19.0 Å². The Morgan fingerprint density at radius 3 is 2.71 bits per heavy atom. The van der Waals surface area contributed by atoms with E-state index in [1.807, 2.05) is 30.3 Å². The number of benzene rings is 1. The van der Waals surface area contributed by atoms with Crippen molar-refractivity contribution in [3.8, 4) is 0 Å². The van der Waals surface area contributed by atoms with Gasteiger partial charge in [-0.25, -0.2) is 0 Å². The number of methoxy groups -OCH3 is 1. The number of nitrogens with zero attached hydrogens (tertiary/aromatic N) is 1. The predicted molar refractivity (Wildman–Crippen MR) is 79.5 cm³/mol. The van der Waals surface area contributed by atoms with Crippen molar-refractivity contribution in [1.29, 1.82) is 0 Å². The second kappa shape index (κ2) is 7.78. The molecule has 0 aromatic heterocycles. The summed E-state index contributed by atoms with van der Waals surface area (Å²) in [6.07, 6.45) is 2.56. The average molecular weight is 290 g/mol. The third kappa shape index (κ3) is 4.86. The zero-order valence-corrected chi connectivity index (χ0v) is 12.4. The minimum Gasteiger partial charge on any atom is -0.468 e. The highest BCUT2D eigenvalue weighted by atomic mass is 16.5. The number of rotatable bonds is 6. The number of hydrogen-bond donors (Lipinski definition) is 1. The number of nitrogens with one attached hydrogen (secondary N) is 1. The van der Waals surface area contributed by atoms with Gasteiger partial charge in [0.15, 0.2) is 0 Å². The van der Waals surface area contributed by atoms with Gasteiger partial charge in [0.1, 0.15) is 6.54 Å². The van der Waals surface area contributed by atoms with E-state index in [9.17, 15) is 9.59 Å². The zero-order valence-electron chi connectivity index (χ0n) is 12.4. The zero-order chi connectivity index (χ0) is 15.1. The number of carbonyl (C=O) groups excluding carboxylic acids is 2. The van der Waals surface area contributed by atoms with E-state index in [0.29, 0.717) is 13.0 Å². The van der Waals surface area contributed by atoms with Crippen LogP contribution in [0, 0.1) is 0 Å². The van der Waals surface area contributed by atoms with Gasteiger partial charge in [0.2, 0.25) is 5.91 Å². The van der Waals surface area contributed by atoms with Gasteiger partial charge in [-0.05, 0) is 24.9 Å². The van der Waals surface area contributed by atoms with Crippen molar-refractivity contribution < 1.29 is 14.3 Å². The summed E-state index contributed by atoms with van der Waals surface area (Å²) in [6.45, 7) is 1.39. The molecule has 114 valence electrons. The molecule has 5 nitrogen and oxygen atoms in total. The fourth-order valence-electron chi connectivity index (χ4n) is 2.53. The molecule has 0 spiro atoms. The first-order valence-electron chi connectivity index (χ1n) is 7.31. The van der Waals surface area contributed by atoms with E-state index in [1.54, 1.807) is 4.90 Å². The van der Waals surface area contributed by atoms with Gasteiger partial charge in [0.25, 0.3) is 0 Å². The second-order valence-corrected chi connectivity index (χ2v) is 5.31. The Morgan fingerprint density at radius 1 is 1.33 bits per heavy atom. The highest BCUT2D eigenvalue weighted by Gasteiger charge is 2.23. The number of amides is 1. The summed E-state index contributed by atoms with van der Waals surface area (Å²) in [5.41, 5.74) is 1.01. The Bertz CT molecular complexity index is 470. The molecule has 1 N–H and O–H groups in total. The molecule has 0 saturated carbocycles. The van der Waals surface area contributed by atoms with Crippen molar-refractivity contribution in [2.45, 2.75) is 31.8 Å². The first-order chi connectivity index (χ1) is 10.2. The van der Waals surface area contributed by atoms with E-state index in [2.05, 4.69) is 5.32 Å². The lowest BCUT2D eigenvalue weighted by atomic mass is 10.1. The number of carbonyl (C=O) groups is 2. The Kier molecular flexibility index (Phi) is 5.75. The van der Waals surface area contributed by atoms with Crippen LogP contribution in [0.4, 0.5) is 0 Å². The quantitative estimate of drug-likeness (QED) is 0.803. The summed E-state index contributed by atoms with van der Waals surface area (Å²) in [4.78, 5) is 25.5. The maximum Gasteiger partial charge on any atom is 0.325 e. The Morgan fingerprint density at radius 2 is 2.10 bits per heavy atom. The summed E-state index contributed by atoms with van der Waals surface area (Å²) < 4.78 is 4.69. The molecular formula is C16H22N2O3. The van der Waals surface area contributed by atoms with E-state index in [0.717, 1.165) is 24.9 Å². The topological polar surface area (TPSA) is 58.6 Å². The Balaban J connectivity index is 1.99. The second-order valence-electron chi connectivity index (χ2n) is 5.31. The van der Waals surface area contributed by atoms with Gasteiger partial charge < -0.3 is 15.0 Å². The lowest BCUT2D eigenvalue weighted by Crippen LogP contribution is -2.39. The summed E-state index contributed by atoms with van der Waals surface area (Å²) >= 11 is 0.